The first kappa shape index (κ1) is 20.6. The summed E-state index contributed by atoms with van der Waals surface area (Å²) >= 11 is 0. The van der Waals surface area contributed by atoms with Crippen LogP contribution in [0.1, 0.15) is 22.6 Å². The maximum Gasteiger partial charge on any atom is 0.141 e. The molecule has 3 aromatic rings. The van der Waals surface area contributed by atoms with Crippen molar-refractivity contribution in [2.24, 2.45) is 0 Å². The molecule has 0 aliphatic carbocycles. The zero-order chi connectivity index (χ0) is 21.9. The van der Waals surface area contributed by atoms with Gasteiger partial charge < -0.3 is 15.0 Å². The molecule has 5 nitrogen and oxygen atoms in total. The SMILES string of the molecule is N#Cc1ccc(-c2cc(CC3CNCCO3)ccc2N2CC(c3cccnc3)C2)cc1F. The van der Waals surface area contributed by atoms with Crippen LogP contribution in [0.5, 0.6) is 0 Å². The Morgan fingerprint density at radius 3 is 2.81 bits per heavy atom. The highest BCUT2D eigenvalue weighted by molar-refractivity contribution is 5.80. The van der Waals surface area contributed by atoms with Gasteiger partial charge in [0.2, 0.25) is 0 Å². The summed E-state index contributed by atoms with van der Waals surface area (Å²) in [5, 5.41) is 12.5. The summed E-state index contributed by atoms with van der Waals surface area (Å²) in [4.78, 5) is 6.57. The number of nitrogens with zero attached hydrogens (tertiary/aromatic N) is 3. The van der Waals surface area contributed by atoms with Gasteiger partial charge in [0.15, 0.2) is 0 Å². The highest BCUT2D eigenvalue weighted by Gasteiger charge is 2.30. The van der Waals surface area contributed by atoms with Gasteiger partial charge in [0.1, 0.15) is 11.9 Å². The van der Waals surface area contributed by atoms with Gasteiger partial charge in [-0.15, -0.1) is 0 Å². The Bertz CT molecular complexity index is 1130. The first-order valence-corrected chi connectivity index (χ1v) is 11.0. The van der Waals surface area contributed by atoms with Crippen LogP contribution in [0.15, 0.2) is 60.9 Å². The van der Waals surface area contributed by atoms with Crippen molar-refractivity contribution in [1.29, 1.82) is 5.26 Å². The Morgan fingerprint density at radius 1 is 1.19 bits per heavy atom. The van der Waals surface area contributed by atoms with Crippen molar-refractivity contribution in [2.75, 3.05) is 37.7 Å². The first-order valence-electron chi connectivity index (χ1n) is 11.0. The summed E-state index contributed by atoms with van der Waals surface area (Å²) in [5.41, 5.74) is 5.32. The molecule has 162 valence electrons. The third-order valence-electron chi connectivity index (χ3n) is 6.31. The van der Waals surface area contributed by atoms with E-state index in [1.807, 2.05) is 24.4 Å². The lowest BCUT2D eigenvalue weighted by Gasteiger charge is -2.42. The van der Waals surface area contributed by atoms with E-state index in [0.29, 0.717) is 5.92 Å². The second kappa shape index (κ2) is 9.07. The molecule has 6 heteroatoms. The summed E-state index contributed by atoms with van der Waals surface area (Å²) in [6.07, 6.45) is 4.67. The molecule has 1 unspecified atom stereocenters. The number of ether oxygens (including phenoxy) is 1. The molecule has 1 N–H and O–H groups in total. The number of aromatic nitrogens is 1. The monoisotopic (exact) mass is 428 g/mol. The number of hydrogen-bond acceptors (Lipinski definition) is 5. The average Bonchev–Trinajstić information content (AvgIpc) is 2.80. The highest BCUT2D eigenvalue weighted by Crippen LogP contribution is 2.39. The van der Waals surface area contributed by atoms with Crippen molar-refractivity contribution in [3.05, 3.63) is 83.4 Å². The molecule has 2 saturated heterocycles. The molecule has 32 heavy (non-hydrogen) atoms. The molecular formula is C26H25FN4O. The Morgan fingerprint density at radius 2 is 2.09 bits per heavy atom. The molecule has 0 spiro atoms. The molecule has 0 radical (unpaired) electrons. The van der Waals surface area contributed by atoms with Gasteiger partial charge in [-0.2, -0.15) is 5.26 Å². The number of pyridine rings is 1. The molecule has 1 aromatic heterocycles. The highest BCUT2D eigenvalue weighted by atomic mass is 19.1. The average molecular weight is 429 g/mol. The third kappa shape index (κ3) is 4.22. The smallest absolute Gasteiger partial charge is 0.141 e. The van der Waals surface area contributed by atoms with Crippen LogP contribution in [-0.2, 0) is 11.2 Å². The Hall–Kier alpha value is -3.27. The van der Waals surface area contributed by atoms with Crippen molar-refractivity contribution in [3.8, 4) is 17.2 Å². The van der Waals surface area contributed by atoms with Gasteiger partial charge in [0, 0.05) is 55.7 Å². The molecule has 5 rings (SSSR count). The maximum absolute atomic E-state index is 14.5. The second-order valence-electron chi connectivity index (χ2n) is 8.45. The maximum atomic E-state index is 14.5. The van der Waals surface area contributed by atoms with E-state index in [1.54, 1.807) is 12.3 Å². The molecule has 1 atom stereocenters. The summed E-state index contributed by atoms with van der Waals surface area (Å²) in [6, 6.07) is 17.3. The van der Waals surface area contributed by atoms with E-state index in [4.69, 9.17) is 10.00 Å². The molecule has 2 aliphatic heterocycles. The summed E-state index contributed by atoms with van der Waals surface area (Å²) in [7, 11) is 0. The lowest BCUT2D eigenvalue weighted by molar-refractivity contribution is 0.0292. The minimum Gasteiger partial charge on any atom is -0.375 e. The molecule has 0 amide bonds. The van der Waals surface area contributed by atoms with E-state index in [9.17, 15) is 4.39 Å². The van der Waals surface area contributed by atoms with Crippen molar-refractivity contribution in [2.45, 2.75) is 18.4 Å². The van der Waals surface area contributed by atoms with E-state index in [1.165, 1.54) is 11.6 Å². The Labute approximate surface area is 187 Å². The number of benzene rings is 2. The zero-order valence-electron chi connectivity index (χ0n) is 17.8. The van der Waals surface area contributed by atoms with Crippen molar-refractivity contribution >= 4 is 5.69 Å². The van der Waals surface area contributed by atoms with Crippen LogP contribution in [0.25, 0.3) is 11.1 Å². The fourth-order valence-corrected chi connectivity index (χ4v) is 4.51. The van der Waals surface area contributed by atoms with Crippen LogP contribution in [0.2, 0.25) is 0 Å². The van der Waals surface area contributed by atoms with Gasteiger partial charge in [0.05, 0.1) is 18.3 Å². The summed E-state index contributed by atoms with van der Waals surface area (Å²) in [6.45, 7) is 4.23. The van der Waals surface area contributed by atoms with Crippen LogP contribution < -0.4 is 10.2 Å². The van der Waals surface area contributed by atoms with E-state index >= 15 is 0 Å². The van der Waals surface area contributed by atoms with Gasteiger partial charge in [-0.3, -0.25) is 4.98 Å². The molecule has 3 heterocycles. The molecule has 0 bridgehead atoms. The quantitative estimate of drug-likeness (QED) is 0.668. The number of hydrogen-bond donors (Lipinski definition) is 1. The van der Waals surface area contributed by atoms with Gasteiger partial charge in [0.25, 0.3) is 0 Å². The van der Waals surface area contributed by atoms with Crippen LogP contribution >= 0.6 is 0 Å². The van der Waals surface area contributed by atoms with E-state index < -0.39 is 5.82 Å². The Balaban J connectivity index is 1.44. The number of rotatable bonds is 5. The number of halogens is 1. The van der Waals surface area contributed by atoms with Crippen LogP contribution in [0.4, 0.5) is 10.1 Å². The molecule has 2 aliphatic rings. The first-order chi connectivity index (χ1) is 15.7. The van der Waals surface area contributed by atoms with Crippen LogP contribution in [0, 0.1) is 17.1 Å². The standard InChI is InChI=1S/C26H25FN4O/c27-25-12-19(4-5-20(25)13-28)24-11-18(10-23-15-30-8-9-32-23)3-6-26(24)31-16-22(17-31)21-2-1-7-29-14-21/h1-7,11-12,14,22-23,30H,8-10,15-17H2. The Kier molecular flexibility index (Phi) is 5.85. The fourth-order valence-electron chi connectivity index (χ4n) is 4.51. The molecule has 2 aromatic carbocycles. The topological polar surface area (TPSA) is 61.2 Å². The number of nitriles is 1. The van der Waals surface area contributed by atoms with E-state index in [-0.39, 0.29) is 11.7 Å². The largest absolute Gasteiger partial charge is 0.375 e. The van der Waals surface area contributed by atoms with Crippen LogP contribution in [0.3, 0.4) is 0 Å². The second-order valence-corrected chi connectivity index (χ2v) is 8.45. The fraction of sp³-hybridized carbons (Fsp3) is 0.308. The van der Waals surface area contributed by atoms with Gasteiger partial charge in [-0.1, -0.05) is 18.2 Å². The molecule has 2 fully saturated rings. The van der Waals surface area contributed by atoms with E-state index in [0.717, 1.165) is 61.6 Å². The summed E-state index contributed by atoms with van der Waals surface area (Å²) < 4.78 is 20.3. The predicted octanol–water partition coefficient (Wildman–Crippen LogP) is 3.89. The van der Waals surface area contributed by atoms with E-state index in [2.05, 4.69) is 39.5 Å². The lowest BCUT2D eigenvalue weighted by atomic mass is 9.89. The number of anilines is 1. The zero-order valence-corrected chi connectivity index (χ0v) is 17.8. The van der Waals surface area contributed by atoms with Gasteiger partial charge in [-0.25, -0.2) is 4.39 Å². The van der Waals surface area contributed by atoms with Gasteiger partial charge in [-0.05, 0) is 53.4 Å². The predicted molar refractivity (Wildman–Crippen MR) is 122 cm³/mol. The van der Waals surface area contributed by atoms with Crippen molar-refractivity contribution in [3.63, 3.8) is 0 Å². The normalized spacial score (nSPS) is 18.8. The van der Waals surface area contributed by atoms with Crippen molar-refractivity contribution < 1.29 is 9.13 Å². The lowest BCUT2D eigenvalue weighted by Crippen LogP contribution is -2.45. The molecule has 0 saturated carbocycles. The number of nitrogens with one attached hydrogen (secondary N) is 1. The van der Waals surface area contributed by atoms with Crippen LogP contribution in [-0.4, -0.2) is 43.9 Å². The van der Waals surface area contributed by atoms with Gasteiger partial charge >= 0.3 is 0 Å². The number of morpholine rings is 1. The minimum atomic E-state index is -0.488. The third-order valence-corrected chi connectivity index (χ3v) is 6.31. The van der Waals surface area contributed by atoms with Crippen molar-refractivity contribution in [1.82, 2.24) is 10.3 Å². The minimum absolute atomic E-state index is 0.0636. The molecular weight excluding hydrogens is 403 g/mol. The summed E-state index contributed by atoms with van der Waals surface area (Å²) in [5.74, 6) is -0.0475.